The number of carbonyl (C=O) groups is 1. The van der Waals surface area contributed by atoms with Gasteiger partial charge in [-0.3, -0.25) is 4.79 Å². The molecule has 4 nitrogen and oxygen atoms in total. The normalized spacial score (nSPS) is 19.5. The Morgan fingerprint density at radius 3 is 2.77 bits per heavy atom. The van der Waals surface area contributed by atoms with Gasteiger partial charge < -0.3 is 15.0 Å². The molecule has 0 spiro atoms. The Morgan fingerprint density at radius 2 is 2.18 bits per heavy atom. The molecule has 1 aliphatic heterocycles. The summed E-state index contributed by atoms with van der Waals surface area (Å²) in [5.41, 5.74) is 0. The van der Waals surface area contributed by atoms with E-state index in [1.807, 2.05) is 30.9 Å². The number of halogens is 2. The molecular weight excluding hydrogens is 323 g/mol. The molecule has 1 unspecified atom stereocenters. The zero-order chi connectivity index (χ0) is 15.4. The molecule has 0 aromatic heterocycles. The highest BCUT2D eigenvalue weighted by Crippen LogP contribution is 2.21. The van der Waals surface area contributed by atoms with Crippen molar-refractivity contribution >= 4 is 29.9 Å². The fourth-order valence-corrected chi connectivity index (χ4v) is 2.65. The first-order chi connectivity index (χ1) is 9.97. The molecule has 124 valence electrons. The van der Waals surface area contributed by atoms with E-state index >= 15 is 0 Å². The third-order valence-electron chi connectivity index (χ3n) is 3.59. The molecule has 0 aliphatic carbocycles. The SMILES string of the molecule is CC(C)C(Oc1cccc(Cl)c1)C(=O)N1CCN[C@H](C)C1.Cl. The maximum Gasteiger partial charge on any atom is 0.264 e. The van der Waals surface area contributed by atoms with Crippen molar-refractivity contribution in [1.29, 1.82) is 0 Å². The monoisotopic (exact) mass is 346 g/mol. The van der Waals surface area contributed by atoms with Gasteiger partial charge in [-0.05, 0) is 31.0 Å². The second-order valence-corrected chi connectivity index (χ2v) is 6.32. The number of hydrogen-bond donors (Lipinski definition) is 1. The summed E-state index contributed by atoms with van der Waals surface area (Å²) < 4.78 is 5.91. The van der Waals surface area contributed by atoms with E-state index in [1.165, 1.54) is 0 Å². The number of carbonyl (C=O) groups excluding carboxylic acids is 1. The molecule has 22 heavy (non-hydrogen) atoms. The second-order valence-electron chi connectivity index (χ2n) is 5.88. The first-order valence-corrected chi connectivity index (χ1v) is 7.79. The van der Waals surface area contributed by atoms with Crippen LogP contribution in [0.3, 0.4) is 0 Å². The zero-order valence-electron chi connectivity index (χ0n) is 13.2. The lowest BCUT2D eigenvalue weighted by atomic mass is 10.0. The van der Waals surface area contributed by atoms with Crippen LogP contribution in [0.5, 0.6) is 5.75 Å². The summed E-state index contributed by atoms with van der Waals surface area (Å²) in [5.74, 6) is 0.790. The van der Waals surface area contributed by atoms with Crippen molar-refractivity contribution in [1.82, 2.24) is 10.2 Å². The Labute approximate surface area is 143 Å². The van der Waals surface area contributed by atoms with Gasteiger partial charge >= 0.3 is 0 Å². The summed E-state index contributed by atoms with van der Waals surface area (Å²) >= 11 is 5.97. The van der Waals surface area contributed by atoms with Gasteiger partial charge in [0.1, 0.15) is 5.75 Å². The van der Waals surface area contributed by atoms with Crippen molar-refractivity contribution in [3.05, 3.63) is 29.3 Å². The molecule has 2 atom stereocenters. The predicted octanol–water partition coefficient (Wildman–Crippen LogP) is 2.99. The third-order valence-corrected chi connectivity index (χ3v) is 3.82. The highest BCUT2D eigenvalue weighted by molar-refractivity contribution is 6.30. The quantitative estimate of drug-likeness (QED) is 0.911. The van der Waals surface area contributed by atoms with Crippen LogP contribution < -0.4 is 10.1 Å². The molecule has 0 bridgehead atoms. The minimum absolute atomic E-state index is 0. The summed E-state index contributed by atoms with van der Waals surface area (Å²) in [7, 11) is 0. The number of piperazine rings is 1. The van der Waals surface area contributed by atoms with Gasteiger partial charge in [-0.15, -0.1) is 12.4 Å². The number of nitrogens with zero attached hydrogens (tertiary/aromatic N) is 1. The van der Waals surface area contributed by atoms with Crippen molar-refractivity contribution in [2.75, 3.05) is 19.6 Å². The average molecular weight is 347 g/mol. The molecule has 2 rings (SSSR count). The molecule has 1 N–H and O–H groups in total. The van der Waals surface area contributed by atoms with Crippen molar-refractivity contribution in [2.24, 2.45) is 5.92 Å². The third kappa shape index (κ3) is 5.04. The number of amides is 1. The van der Waals surface area contributed by atoms with Crippen LogP contribution in [0.15, 0.2) is 24.3 Å². The minimum atomic E-state index is -0.478. The summed E-state index contributed by atoms with van der Waals surface area (Å²) in [5, 5.41) is 3.95. The molecule has 1 aromatic carbocycles. The number of benzene rings is 1. The van der Waals surface area contributed by atoms with Crippen molar-refractivity contribution in [2.45, 2.75) is 32.9 Å². The van der Waals surface area contributed by atoms with Gasteiger partial charge in [0.2, 0.25) is 0 Å². The van der Waals surface area contributed by atoms with Gasteiger partial charge in [0.15, 0.2) is 6.10 Å². The Hall–Kier alpha value is -0.970. The Bertz CT molecular complexity index is 497. The Kier molecular flexibility index (Phi) is 7.46. The van der Waals surface area contributed by atoms with Gasteiger partial charge in [0, 0.05) is 30.7 Å². The number of nitrogens with one attached hydrogen (secondary N) is 1. The van der Waals surface area contributed by atoms with Crippen LogP contribution in [-0.2, 0) is 4.79 Å². The van der Waals surface area contributed by atoms with E-state index in [0.29, 0.717) is 16.8 Å². The van der Waals surface area contributed by atoms with Crippen LogP contribution in [0.4, 0.5) is 0 Å². The maximum atomic E-state index is 12.7. The molecule has 0 saturated carbocycles. The van der Waals surface area contributed by atoms with E-state index in [2.05, 4.69) is 12.2 Å². The Balaban J connectivity index is 0.00000242. The van der Waals surface area contributed by atoms with Gasteiger partial charge in [-0.25, -0.2) is 0 Å². The number of ether oxygens (including phenoxy) is 1. The molecule has 1 heterocycles. The smallest absolute Gasteiger partial charge is 0.264 e. The predicted molar refractivity (Wildman–Crippen MR) is 92.0 cm³/mol. The standard InChI is InChI=1S/C16H23ClN2O2.ClH/c1-11(2)15(21-14-6-4-5-13(17)9-14)16(20)19-8-7-18-12(3)10-19;/h4-6,9,11-12,15,18H,7-8,10H2,1-3H3;1H/t12-,15?;/m1./s1. The van der Waals surface area contributed by atoms with E-state index in [9.17, 15) is 4.79 Å². The van der Waals surface area contributed by atoms with Gasteiger partial charge in [0.25, 0.3) is 5.91 Å². The molecular formula is C16H24Cl2N2O2. The van der Waals surface area contributed by atoms with Crippen molar-refractivity contribution < 1.29 is 9.53 Å². The van der Waals surface area contributed by atoms with Crippen LogP contribution in [0, 0.1) is 5.92 Å². The van der Waals surface area contributed by atoms with Crippen LogP contribution in [-0.4, -0.2) is 42.6 Å². The van der Waals surface area contributed by atoms with Crippen molar-refractivity contribution in [3.8, 4) is 5.75 Å². The van der Waals surface area contributed by atoms with E-state index in [0.717, 1.165) is 19.6 Å². The van der Waals surface area contributed by atoms with E-state index in [4.69, 9.17) is 16.3 Å². The largest absolute Gasteiger partial charge is 0.480 e. The second kappa shape index (κ2) is 8.61. The fraction of sp³-hybridized carbons (Fsp3) is 0.562. The first kappa shape index (κ1) is 19.1. The summed E-state index contributed by atoms with van der Waals surface area (Å²) in [6.07, 6.45) is -0.478. The molecule has 1 aliphatic rings. The highest BCUT2D eigenvalue weighted by Gasteiger charge is 2.31. The van der Waals surface area contributed by atoms with Gasteiger partial charge in [-0.1, -0.05) is 31.5 Å². The molecule has 1 amide bonds. The van der Waals surface area contributed by atoms with E-state index in [-0.39, 0.29) is 24.2 Å². The molecule has 0 radical (unpaired) electrons. The maximum absolute atomic E-state index is 12.7. The van der Waals surface area contributed by atoms with E-state index in [1.54, 1.807) is 12.1 Å². The fourth-order valence-electron chi connectivity index (χ4n) is 2.47. The topological polar surface area (TPSA) is 41.6 Å². The number of rotatable bonds is 4. The van der Waals surface area contributed by atoms with Crippen LogP contribution in [0.1, 0.15) is 20.8 Å². The van der Waals surface area contributed by atoms with Crippen molar-refractivity contribution in [3.63, 3.8) is 0 Å². The van der Waals surface area contributed by atoms with Gasteiger partial charge in [-0.2, -0.15) is 0 Å². The van der Waals surface area contributed by atoms with Gasteiger partial charge in [0.05, 0.1) is 0 Å². The average Bonchev–Trinajstić information content (AvgIpc) is 2.44. The first-order valence-electron chi connectivity index (χ1n) is 7.41. The highest BCUT2D eigenvalue weighted by atomic mass is 35.5. The minimum Gasteiger partial charge on any atom is -0.480 e. The van der Waals surface area contributed by atoms with Crippen LogP contribution in [0.25, 0.3) is 0 Å². The Morgan fingerprint density at radius 1 is 1.45 bits per heavy atom. The summed E-state index contributed by atoms with van der Waals surface area (Å²) in [6.45, 7) is 8.36. The zero-order valence-corrected chi connectivity index (χ0v) is 14.8. The number of hydrogen-bond acceptors (Lipinski definition) is 3. The molecule has 6 heteroatoms. The lowest BCUT2D eigenvalue weighted by Crippen LogP contribution is -2.55. The molecule has 1 saturated heterocycles. The van der Waals surface area contributed by atoms with E-state index < -0.39 is 6.10 Å². The van der Waals surface area contributed by atoms with Crippen LogP contribution >= 0.6 is 24.0 Å². The molecule has 1 fully saturated rings. The molecule has 1 aromatic rings. The lowest BCUT2D eigenvalue weighted by Gasteiger charge is -2.35. The van der Waals surface area contributed by atoms with Crippen LogP contribution in [0.2, 0.25) is 5.02 Å². The summed E-state index contributed by atoms with van der Waals surface area (Å²) in [4.78, 5) is 14.6. The lowest BCUT2D eigenvalue weighted by molar-refractivity contribution is -0.141. The summed E-state index contributed by atoms with van der Waals surface area (Å²) in [6, 6.07) is 7.51.